The largest absolute Gasteiger partial charge is 0.492 e. The Morgan fingerprint density at radius 2 is 1.76 bits per heavy atom. The van der Waals surface area contributed by atoms with E-state index < -0.39 is 22.5 Å². The number of sulfonamides is 1. The number of ether oxygens (including phenoxy) is 2. The molecule has 9 heteroatoms. The zero-order valence-corrected chi connectivity index (χ0v) is 21.0. The molecule has 3 aromatic rings. The van der Waals surface area contributed by atoms with Gasteiger partial charge >= 0.3 is 0 Å². The lowest BCUT2D eigenvalue weighted by Gasteiger charge is -2.26. The van der Waals surface area contributed by atoms with Gasteiger partial charge < -0.3 is 14.8 Å². The molecule has 0 unspecified atom stereocenters. The summed E-state index contributed by atoms with van der Waals surface area (Å²) < 4.78 is 39.3. The minimum atomic E-state index is -4.06. The van der Waals surface area contributed by atoms with E-state index in [-0.39, 0.29) is 4.90 Å². The lowest BCUT2D eigenvalue weighted by atomic mass is 10.2. The van der Waals surface area contributed by atoms with Gasteiger partial charge in [-0.1, -0.05) is 24.3 Å². The summed E-state index contributed by atoms with van der Waals surface area (Å²) in [5.74, 6) is -0.102. The molecule has 0 saturated heterocycles. The third kappa shape index (κ3) is 6.31. The predicted molar refractivity (Wildman–Crippen MR) is 136 cm³/mol. The Bertz CT molecular complexity index is 1210. The molecule has 0 atom stereocenters. The van der Waals surface area contributed by atoms with E-state index in [0.717, 1.165) is 14.8 Å². The zero-order valence-electron chi connectivity index (χ0n) is 19.4. The number of para-hydroxylation sites is 2. The van der Waals surface area contributed by atoms with Gasteiger partial charge in [0.2, 0.25) is 5.91 Å². The van der Waals surface area contributed by atoms with E-state index in [1.165, 1.54) is 11.8 Å². The number of rotatable bonds is 11. The fourth-order valence-corrected chi connectivity index (χ4v) is 5.19. The molecule has 3 aromatic carbocycles. The maximum Gasteiger partial charge on any atom is 0.264 e. The number of hydrogen-bond donors (Lipinski definition) is 1. The van der Waals surface area contributed by atoms with E-state index in [0.29, 0.717) is 30.3 Å². The molecular formula is C25H28N2O5S2. The van der Waals surface area contributed by atoms with Gasteiger partial charge in [-0.3, -0.25) is 9.10 Å². The number of methoxy groups -OCH3 is 1. The third-order valence-corrected chi connectivity index (χ3v) is 7.41. The van der Waals surface area contributed by atoms with Crippen LogP contribution in [0.15, 0.2) is 82.6 Å². The monoisotopic (exact) mass is 500 g/mol. The molecule has 3 rings (SSSR count). The van der Waals surface area contributed by atoms with E-state index in [9.17, 15) is 13.2 Å². The molecule has 0 fully saturated rings. The molecule has 0 aliphatic rings. The molecule has 0 radical (unpaired) electrons. The topological polar surface area (TPSA) is 84.9 Å². The molecule has 0 saturated carbocycles. The number of carbonyl (C=O) groups is 1. The number of benzene rings is 3. The molecule has 0 spiro atoms. The van der Waals surface area contributed by atoms with E-state index in [2.05, 4.69) is 5.32 Å². The van der Waals surface area contributed by atoms with Crippen LogP contribution in [0.5, 0.6) is 5.75 Å². The first-order valence-corrected chi connectivity index (χ1v) is 13.3. The van der Waals surface area contributed by atoms with Crippen molar-refractivity contribution < 1.29 is 22.7 Å². The van der Waals surface area contributed by atoms with Gasteiger partial charge in [0.15, 0.2) is 0 Å². The molecule has 0 heterocycles. The first-order valence-electron chi connectivity index (χ1n) is 10.7. The van der Waals surface area contributed by atoms with Crippen molar-refractivity contribution in [1.82, 2.24) is 0 Å². The highest BCUT2D eigenvalue weighted by Crippen LogP contribution is 2.33. The smallest absolute Gasteiger partial charge is 0.264 e. The summed E-state index contributed by atoms with van der Waals surface area (Å²) >= 11 is 1.52. The van der Waals surface area contributed by atoms with E-state index in [1.54, 1.807) is 73.8 Å². The van der Waals surface area contributed by atoms with Crippen molar-refractivity contribution in [3.05, 3.63) is 78.4 Å². The number of amides is 1. The SMILES string of the molecule is CCOc1ccccc1N(CC(=O)Nc1cccc(COC)c1)S(=O)(=O)c1ccc(SC)cc1. The molecule has 34 heavy (non-hydrogen) atoms. The first kappa shape index (κ1) is 25.6. The van der Waals surface area contributed by atoms with Gasteiger partial charge in [0.25, 0.3) is 10.0 Å². The van der Waals surface area contributed by atoms with Crippen LogP contribution in [0.2, 0.25) is 0 Å². The van der Waals surface area contributed by atoms with Crippen LogP contribution in [0.1, 0.15) is 12.5 Å². The van der Waals surface area contributed by atoms with E-state index in [4.69, 9.17) is 9.47 Å². The van der Waals surface area contributed by atoms with Crippen molar-refractivity contribution in [3.63, 3.8) is 0 Å². The molecule has 7 nitrogen and oxygen atoms in total. The quantitative estimate of drug-likeness (QED) is 0.381. The number of carbonyl (C=O) groups excluding carboxylic acids is 1. The lowest BCUT2D eigenvalue weighted by Crippen LogP contribution is -2.38. The molecule has 1 N–H and O–H groups in total. The highest BCUT2D eigenvalue weighted by Gasteiger charge is 2.29. The fourth-order valence-electron chi connectivity index (χ4n) is 3.35. The minimum Gasteiger partial charge on any atom is -0.492 e. The van der Waals surface area contributed by atoms with Crippen molar-refractivity contribution >= 4 is 39.1 Å². The Morgan fingerprint density at radius 3 is 2.44 bits per heavy atom. The van der Waals surface area contributed by atoms with Crippen LogP contribution in [-0.2, 0) is 26.2 Å². The van der Waals surface area contributed by atoms with Crippen LogP contribution in [0, 0.1) is 0 Å². The van der Waals surface area contributed by atoms with Gasteiger partial charge in [-0.2, -0.15) is 0 Å². The standard InChI is InChI=1S/C25H28N2O5S2/c1-4-32-24-11-6-5-10-23(24)27(34(29,30)22-14-12-21(33-3)13-15-22)17-25(28)26-20-9-7-8-19(16-20)18-31-2/h5-16H,4,17-18H2,1-3H3,(H,26,28). The Hall–Kier alpha value is -3.01. The molecule has 0 aliphatic carbocycles. The summed E-state index contributed by atoms with van der Waals surface area (Å²) in [4.78, 5) is 14.0. The van der Waals surface area contributed by atoms with Gasteiger partial charge in [0.05, 0.1) is 23.8 Å². The average Bonchev–Trinajstić information content (AvgIpc) is 2.84. The normalized spacial score (nSPS) is 11.1. The van der Waals surface area contributed by atoms with Crippen LogP contribution in [0.3, 0.4) is 0 Å². The summed E-state index contributed by atoms with van der Waals surface area (Å²) in [6.07, 6.45) is 1.92. The zero-order chi connectivity index (χ0) is 24.6. The summed E-state index contributed by atoms with van der Waals surface area (Å²) in [5, 5.41) is 2.79. The summed E-state index contributed by atoms with van der Waals surface area (Å²) in [6, 6.07) is 20.6. The Labute approximate surface area is 205 Å². The van der Waals surface area contributed by atoms with Gasteiger partial charge in [-0.15, -0.1) is 11.8 Å². The number of thioether (sulfide) groups is 1. The maximum atomic E-state index is 13.7. The van der Waals surface area contributed by atoms with Crippen molar-refractivity contribution in [2.45, 2.75) is 23.3 Å². The fraction of sp³-hybridized carbons (Fsp3) is 0.240. The van der Waals surface area contributed by atoms with Gasteiger partial charge in [0, 0.05) is 17.7 Å². The second kappa shape index (κ2) is 11.9. The minimum absolute atomic E-state index is 0.0893. The molecule has 1 amide bonds. The van der Waals surface area contributed by atoms with Gasteiger partial charge in [0.1, 0.15) is 12.3 Å². The molecular weight excluding hydrogens is 472 g/mol. The van der Waals surface area contributed by atoms with Gasteiger partial charge in [-0.25, -0.2) is 8.42 Å². The highest BCUT2D eigenvalue weighted by molar-refractivity contribution is 7.98. The van der Waals surface area contributed by atoms with Crippen molar-refractivity contribution in [3.8, 4) is 5.75 Å². The average molecular weight is 501 g/mol. The second-order valence-corrected chi connectivity index (χ2v) is 10.0. The van der Waals surface area contributed by atoms with E-state index >= 15 is 0 Å². The van der Waals surface area contributed by atoms with Crippen molar-refractivity contribution in [2.75, 3.05) is 36.1 Å². The highest BCUT2D eigenvalue weighted by atomic mass is 32.2. The third-order valence-electron chi connectivity index (χ3n) is 4.89. The van der Waals surface area contributed by atoms with Crippen LogP contribution in [0.4, 0.5) is 11.4 Å². The molecule has 0 aromatic heterocycles. The number of hydrogen-bond acceptors (Lipinski definition) is 6. The maximum absolute atomic E-state index is 13.7. The second-order valence-electron chi connectivity index (χ2n) is 7.27. The number of anilines is 2. The number of nitrogens with one attached hydrogen (secondary N) is 1. The van der Waals surface area contributed by atoms with Crippen molar-refractivity contribution in [1.29, 1.82) is 0 Å². The Balaban J connectivity index is 1.96. The van der Waals surface area contributed by atoms with E-state index in [1.807, 2.05) is 19.2 Å². The predicted octanol–water partition coefficient (Wildman–Crippen LogP) is 4.79. The van der Waals surface area contributed by atoms with Crippen LogP contribution < -0.4 is 14.4 Å². The van der Waals surface area contributed by atoms with Crippen LogP contribution in [0.25, 0.3) is 0 Å². The van der Waals surface area contributed by atoms with Crippen LogP contribution >= 0.6 is 11.8 Å². The molecule has 0 bridgehead atoms. The lowest BCUT2D eigenvalue weighted by molar-refractivity contribution is -0.114. The van der Waals surface area contributed by atoms with Gasteiger partial charge in [-0.05, 0) is 67.3 Å². The Kier molecular flexibility index (Phi) is 8.98. The summed E-state index contributed by atoms with van der Waals surface area (Å²) in [6.45, 7) is 2.14. The van der Waals surface area contributed by atoms with Crippen LogP contribution in [-0.4, -0.2) is 40.8 Å². The molecule has 180 valence electrons. The Morgan fingerprint density at radius 1 is 1.03 bits per heavy atom. The first-order chi connectivity index (χ1) is 16.4. The molecule has 0 aliphatic heterocycles. The summed E-state index contributed by atoms with van der Waals surface area (Å²) in [7, 11) is -2.47. The summed E-state index contributed by atoms with van der Waals surface area (Å²) in [5.41, 5.74) is 1.74. The van der Waals surface area contributed by atoms with Crippen molar-refractivity contribution in [2.24, 2.45) is 0 Å². The number of nitrogens with zero attached hydrogens (tertiary/aromatic N) is 1.